The van der Waals surface area contributed by atoms with Crippen LogP contribution >= 0.6 is 0 Å². The molecule has 0 unspecified atom stereocenters. The molecule has 0 N–H and O–H groups in total. The quantitative estimate of drug-likeness (QED) is 0.867. The summed E-state index contributed by atoms with van der Waals surface area (Å²) >= 11 is 0. The fraction of sp³-hybridized carbons (Fsp3) is 0.133. The van der Waals surface area contributed by atoms with E-state index in [-0.39, 0.29) is 18.4 Å². The third-order valence-corrected chi connectivity index (χ3v) is 2.89. The monoisotopic (exact) mass is 288 g/mol. The second-order valence-electron chi connectivity index (χ2n) is 4.28. The van der Waals surface area contributed by atoms with Crippen molar-refractivity contribution in [2.75, 3.05) is 13.8 Å². The van der Waals surface area contributed by atoms with Gasteiger partial charge in [0, 0.05) is 0 Å². The van der Waals surface area contributed by atoms with Gasteiger partial charge in [0.15, 0.2) is 12.4 Å². The number of halogens is 1. The van der Waals surface area contributed by atoms with Gasteiger partial charge in [0.25, 0.3) is 0 Å². The summed E-state index contributed by atoms with van der Waals surface area (Å²) in [5.41, 5.74) is 0.304. The van der Waals surface area contributed by atoms with Gasteiger partial charge in [-0.3, -0.25) is 0 Å². The molecule has 5 nitrogen and oxygen atoms in total. The van der Waals surface area contributed by atoms with E-state index in [0.29, 0.717) is 11.3 Å². The van der Waals surface area contributed by atoms with Crippen LogP contribution in [0.15, 0.2) is 53.5 Å². The molecule has 3 rings (SSSR count). The van der Waals surface area contributed by atoms with Gasteiger partial charge in [-0.15, -0.1) is 0 Å². The summed E-state index contributed by atoms with van der Waals surface area (Å²) in [6.07, 6.45) is 0. The van der Waals surface area contributed by atoms with E-state index >= 15 is 0 Å². The average molecular weight is 288 g/mol. The summed E-state index contributed by atoms with van der Waals surface area (Å²) < 4.78 is 18.7. The van der Waals surface area contributed by atoms with Crippen LogP contribution in [-0.4, -0.2) is 24.9 Å². The zero-order chi connectivity index (χ0) is 14.7. The second kappa shape index (κ2) is 5.80. The third-order valence-electron chi connectivity index (χ3n) is 2.89. The van der Waals surface area contributed by atoms with Gasteiger partial charge in [0.05, 0.1) is 17.9 Å². The van der Waals surface area contributed by atoms with Crippen molar-refractivity contribution in [2.45, 2.75) is 0 Å². The minimum absolute atomic E-state index is 0.162. The zero-order valence-corrected chi connectivity index (χ0v) is 11.3. The number of hydrogen-bond donors (Lipinski definition) is 0. The Kier molecular flexibility index (Phi) is 3.70. The molecular formula is C15H13FN2O3. The van der Waals surface area contributed by atoms with Crippen molar-refractivity contribution in [3.63, 3.8) is 0 Å². The Labute approximate surface area is 121 Å². The molecule has 1 aliphatic rings. The number of hydrogen-bond acceptors (Lipinski definition) is 5. The molecule has 108 valence electrons. The van der Waals surface area contributed by atoms with Crippen LogP contribution in [0.2, 0.25) is 0 Å². The lowest BCUT2D eigenvalue weighted by atomic mass is 10.2. The summed E-state index contributed by atoms with van der Waals surface area (Å²) in [4.78, 5) is 15.0. The molecule has 1 heterocycles. The van der Waals surface area contributed by atoms with Crippen molar-refractivity contribution in [2.24, 2.45) is 4.99 Å². The first-order valence-electron chi connectivity index (χ1n) is 6.33. The van der Waals surface area contributed by atoms with Gasteiger partial charge in [0.1, 0.15) is 11.6 Å². The standard InChI is InChI=1S/C15H13FN2O3/c1-19-11-6-8-12(9-7-11)20-18-10-17-15(21-18)13-4-2-3-5-14(13)16/h2-9H,10H2,1H3. The van der Waals surface area contributed by atoms with E-state index in [4.69, 9.17) is 14.4 Å². The summed E-state index contributed by atoms with van der Waals surface area (Å²) in [5, 5.41) is 1.18. The highest BCUT2D eigenvalue weighted by Gasteiger charge is 2.22. The van der Waals surface area contributed by atoms with Crippen molar-refractivity contribution in [3.05, 3.63) is 59.9 Å². The van der Waals surface area contributed by atoms with Gasteiger partial charge in [-0.1, -0.05) is 12.1 Å². The first-order chi connectivity index (χ1) is 10.3. The first kappa shape index (κ1) is 13.4. The lowest BCUT2D eigenvalue weighted by Crippen LogP contribution is -2.25. The molecule has 0 aliphatic carbocycles. The fourth-order valence-corrected chi connectivity index (χ4v) is 1.85. The predicted molar refractivity (Wildman–Crippen MR) is 74.4 cm³/mol. The molecule has 0 aromatic heterocycles. The van der Waals surface area contributed by atoms with Gasteiger partial charge in [-0.2, -0.15) is 0 Å². The topological polar surface area (TPSA) is 43.3 Å². The average Bonchev–Trinajstić information content (AvgIpc) is 2.97. The molecule has 2 aromatic carbocycles. The minimum Gasteiger partial charge on any atom is -0.497 e. The SMILES string of the molecule is COc1ccc(ON2CN=C(c3ccccc3F)O2)cc1. The van der Waals surface area contributed by atoms with E-state index in [1.807, 2.05) is 0 Å². The molecule has 21 heavy (non-hydrogen) atoms. The Morgan fingerprint density at radius 1 is 1.10 bits per heavy atom. The molecule has 0 bridgehead atoms. The highest BCUT2D eigenvalue weighted by atomic mass is 19.1. The number of benzene rings is 2. The van der Waals surface area contributed by atoms with E-state index in [2.05, 4.69) is 4.99 Å². The molecule has 0 saturated heterocycles. The maximum Gasteiger partial charge on any atom is 0.249 e. The smallest absolute Gasteiger partial charge is 0.249 e. The fourth-order valence-electron chi connectivity index (χ4n) is 1.85. The Morgan fingerprint density at radius 3 is 2.52 bits per heavy atom. The second-order valence-corrected chi connectivity index (χ2v) is 4.28. The lowest BCUT2D eigenvalue weighted by molar-refractivity contribution is -0.251. The first-order valence-corrected chi connectivity index (χ1v) is 6.33. The molecule has 0 saturated carbocycles. The van der Waals surface area contributed by atoms with E-state index in [9.17, 15) is 4.39 Å². The highest BCUT2D eigenvalue weighted by molar-refractivity contribution is 5.94. The third kappa shape index (κ3) is 2.95. The van der Waals surface area contributed by atoms with Crippen LogP contribution in [0, 0.1) is 5.82 Å². The molecule has 0 atom stereocenters. The van der Waals surface area contributed by atoms with Crippen molar-refractivity contribution >= 4 is 5.90 Å². The predicted octanol–water partition coefficient (Wildman–Crippen LogP) is 2.78. The molecule has 0 fully saturated rings. The molecule has 1 aliphatic heterocycles. The van der Waals surface area contributed by atoms with Crippen molar-refractivity contribution in [1.82, 2.24) is 5.23 Å². The van der Waals surface area contributed by atoms with Crippen LogP contribution in [0.4, 0.5) is 4.39 Å². The molecular weight excluding hydrogens is 275 g/mol. The lowest BCUT2D eigenvalue weighted by Gasteiger charge is -2.15. The van der Waals surface area contributed by atoms with Crippen LogP contribution < -0.4 is 9.57 Å². The summed E-state index contributed by atoms with van der Waals surface area (Å²) in [7, 11) is 1.59. The Morgan fingerprint density at radius 2 is 1.81 bits per heavy atom. The van der Waals surface area contributed by atoms with E-state index in [1.165, 1.54) is 11.3 Å². The van der Waals surface area contributed by atoms with E-state index in [1.54, 1.807) is 49.6 Å². The van der Waals surface area contributed by atoms with Gasteiger partial charge < -0.3 is 14.4 Å². The van der Waals surface area contributed by atoms with Crippen LogP contribution in [0.25, 0.3) is 0 Å². The molecule has 6 heteroatoms. The van der Waals surface area contributed by atoms with Gasteiger partial charge in [0.2, 0.25) is 5.90 Å². The maximum atomic E-state index is 13.6. The van der Waals surface area contributed by atoms with Crippen molar-refractivity contribution in [1.29, 1.82) is 0 Å². The van der Waals surface area contributed by atoms with Gasteiger partial charge >= 0.3 is 0 Å². The zero-order valence-electron chi connectivity index (χ0n) is 11.3. The summed E-state index contributed by atoms with van der Waals surface area (Å²) in [6.45, 7) is 0.162. The van der Waals surface area contributed by atoms with Crippen molar-refractivity contribution < 1.29 is 18.8 Å². The maximum absolute atomic E-state index is 13.6. The molecule has 0 radical (unpaired) electrons. The van der Waals surface area contributed by atoms with Crippen molar-refractivity contribution in [3.8, 4) is 11.5 Å². The van der Waals surface area contributed by atoms with E-state index < -0.39 is 0 Å². The number of aliphatic imine (C=N–C) groups is 1. The van der Waals surface area contributed by atoms with Crippen LogP contribution in [0.3, 0.4) is 0 Å². The number of hydroxylamine groups is 2. The summed E-state index contributed by atoms with van der Waals surface area (Å²) in [5.74, 6) is 1.11. The number of ether oxygens (including phenoxy) is 1. The van der Waals surface area contributed by atoms with Crippen LogP contribution in [-0.2, 0) is 4.84 Å². The number of nitrogens with zero attached hydrogens (tertiary/aromatic N) is 2. The Hall–Kier alpha value is -2.60. The number of rotatable bonds is 4. The number of methoxy groups -OCH3 is 1. The molecule has 0 spiro atoms. The van der Waals surface area contributed by atoms with Crippen LogP contribution in [0.5, 0.6) is 11.5 Å². The Bertz CT molecular complexity index is 658. The molecule has 0 amide bonds. The highest BCUT2D eigenvalue weighted by Crippen LogP contribution is 2.20. The largest absolute Gasteiger partial charge is 0.497 e. The summed E-state index contributed by atoms with van der Waals surface area (Å²) in [6, 6.07) is 13.3. The Balaban J connectivity index is 1.65. The minimum atomic E-state index is -0.387. The van der Waals surface area contributed by atoms with E-state index in [0.717, 1.165) is 5.75 Å². The van der Waals surface area contributed by atoms with Gasteiger partial charge in [-0.25, -0.2) is 9.38 Å². The van der Waals surface area contributed by atoms with Crippen LogP contribution in [0.1, 0.15) is 5.56 Å². The normalized spacial score (nSPS) is 14.5. The van der Waals surface area contributed by atoms with Gasteiger partial charge in [-0.05, 0) is 36.4 Å². The molecule has 2 aromatic rings.